The van der Waals surface area contributed by atoms with Gasteiger partial charge < -0.3 is 14.5 Å². The summed E-state index contributed by atoms with van der Waals surface area (Å²) in [4.78, 5) is 8.85. The van der Waals surface area contributed by atoms with Crippen molar-refractivity contribution in [3.63, 3.8) is 0 Å². The van der Waals surface area contributed by atoms with Crippen molar-refractivity contribution in [1.82, 2.24) is 4.98 Å². The molecule has 31 heavy (non-hydrogen) atoms. The molecular formula is C25H29N5O. The summed E-state index contributed by atoms with van der Waals surface area (Å²) in [5.74, 6) is 1.36. The number of ether oxygens (including phenoxy) is 1. The molecule has 1 aromatic heterocycles. The number of rotatable bonds is 6. The molecule has 0 radical (unpaired) electrons. The molecule has 160 valence electrons. The quantitative estimate of drug-likeness (QED) is 0.590. The van der Waals surface area contributed by atoms with Crippen LogP contribution < -0.4 is 19.5 Å². The molecule has 2 aromatic carbocycles. The van der Waals surface area contributed by atoms with E-state index in [0.29, 0.717) is 5.88 Å². The minimum atomic E-state index is 0.0688. The van der Waals surface area contributed by atoms with Gasteiger partial charge in [0.2, 0.25) is 5.88 Å². The number of hydrogen-bond acceptors (Lipinski definition) is 6. The van der Waals surface area contributed by atoms with E-state index in [1.807, 2.05) is 37.3 Å². The van der Waals surface area contributed by atoms with Crippen LogP contribution >= 0.6 is 0 Å². The summed E-state index contributed by atoms with van der Waals surface area (Å²) in [7, 11) is 9.83. The maximum Gasteiger partial charge on any atom is 0.214 e. The zero-order valence-corrected chi connectivity index (χ0v) is 18.8. The molecule has 1 aliphatic rings. The number of hydrazone groups is 1. The smallest absolute Gasteiger partial charge is 0.214 e. The van der Waals surface area contributed by atoms with Crippen molar-refractivity contribution in [2.24, 2.45) is 5.10 Å². The maximum atomic E-state index is 5.35. The Balaban J connectivity index is 1.71. The van der Waals surface area contributed by atoms with E-state index in [9.17, 15) is 0 Å². The van der Waals surface area contributed by atoms with Crippen molar-refractivity contribution >= 4 is 22.9 Å². The highest BCUT2D eigenvalue weighted by molar-refractivity contribution is 6.03. The summed E-state index contributed by atoms with van der Waals surface area (Å²) >= 11 is 0. The highest BCUT2D eigenvalue weighted by Crippen LogP contribution is 2.37. The highest BCUT2D eigenvalue weighted by Gasteiger charge is 2.31. The third kappa shape index (κ3) is 4.33. The Bertz CT molecular complexity index is 1060. The standard InChI is InChI=1S/C25H29N5O/c1-28(2)20-13-9-18(10-14-20)22-17-23(19-11-15-21(16-12-19)29(3)4)30(27-22)24-7-6-8-25(26-24)31-5/h6-16,23H,17H2,1-5H3. The van der Waals surface area contributed by atoms with Gasteiger partial charge in [0.1, 0.15) is 0 Å². The second-order valence-corrected chi connectivity index (χ2v) is 8.08. The molecule has 6 heteroatoms. The minimum Gasteiger partial charge on any atom is -0.481 e. The van der Waals surface area contributed by atoms with Gasteiger partial charge in [-0.05, 0) is 41.5 Å². The largest absolute Gasteiger partial charge is 0.481 e. The van der Waals surface area contributed by atoms with Crippen LogP contribution in [0.25, 0.3) is 0 Å². The van der Waals surface area contributed by atoms with Crippen LogP contribution in [0, 0.1) is 0 Å². The van der Waals surface area contributed by atoms with E-state index in [-0.39, 0.29) is 6.04 Å². The lowest BCUT2D eigenvalue weighted by molar-refractivity contribution is 0.397. The minimum absolute atomic E-state index is 0.0688. The summed E-state index contributed by atoms with van der Waals surface area (Å²) in [5.41, 5.74) is 5.74. The van der Waals surface area contributed by atoms with Crippen molar-refractivity contribution in [3.05, 3.63) is 77.9 Å². The average molecular weight is 416 g/mol. The fourth-order valence-corrected chi connectivity index (χ4v) is 3.75. The molecule has 4 rings (SSSR count). The van der Waals surface area contributed by atoms with E-state index < -0.39 is 0 Å². The summed E-state index contributed by atoms with van der Waals surface area (Å²) in [6.07, 6.45) is 0.807. The zero-order chi connectivity index (χ0) is 22.0. The Morgan fingerprint density at radius 3 is 2.03 bits per heavy atom. The number of hydrogen-bond donors (Lipinski definition) is 0. The Morgan fingerprint density at radius 2 is 1.45 bits per heavy atom. The van der Waals surface area contributed by atoms with Gasteiger partial charge >= 0.3 is 0 Å². The van der Waals surface area contributed by atoms with Gasteiger partial charge in [0, 0.05) is 52.1 Å². The average Bonchev–Trinajstić information content (AvgIpc) is 3.25. The van der Waals surface area contributed by atoms with E-state index in [4.69, 9.17) is 9.84 Å². The molecule has 2 heterocycles. The van der Waals surface area contributed by atoms with Gasteiger partial charge in [0.05, 0.1) is 18.9 Å². The van der Waals surface area contributed by atoms with Gasteiger partial charge in [0.15, 0.2) is 5.82 Å². The van der Waals surface area contributed by atoms with Crippen LogP contribution in [-0.4, -0.2) is 46.0 Å². The monoisotopic (exact) mass is 415 g/mol. The fourth-order valence-electron chi connectivity index (χ4n) is 3.75. The van der Waals surface area contributed by atoms with Crippen molar-refractivity contribution in [3.8, 4) is 5.88 Å². The molecule has 0 fully saturated rings. The Morgan fingerprint density at radius 1 is 0.839 bits per heavy atom. The summed E-state index contributed by atoms with van der Waals surface area (Å²) in [5, 5.41) is 7.02. The normalized spacial score (nSPS) is 15.6. The second-order valence-electron chi connectivity index (χ2n) is 8.08. The fraction of sp³-hybridized carbons (Fsp3) is 0.280. The van der Waals surface area contributed by atoms with E-state index in [1.54, 1.807) is 7.11 Å². The van der Waals surface area contributed by atoms with Gasteiger partial charge in [-0.1, -0.05) is 30.3 Å². The molecule has 3 aromatic rings. The molecule has 0 saturated carbocycles. The lowest BCUT2D eigenvalue weighted by atomic mass is 9.98. The number of nitrogens with zero attached hydrogens (tertiary/aromatic N) is 5. The molecule has 0 saturated heterocycles. The first-order chi connectivity index (χ1) is 15.0. The SMILES string of the molecule is COc1cccc(N2N=C(c3ccc(N(C)C)cc3)CC2c2ccc(N(C)C)cc2)n1. The van der Waals surface area contributed by atoms with E-state index in [1.165, 1.54) is 16.9 Å². The predicted octanol–water partition coefficient (Wildman–Crippen LogP) is 4.58. The van der Waals surface area contributed by atoms with Gasteiger partial charge in [-0.15, -0.1) is 0 Å². The van der Waals surface area contributed by atoms with Crippen LogP contribution in [0.4, 0.5) is 17.2 Å². The van der Waals surface area contributed by atoms with Crippen LogP contribution in [0.1, 0.15) is 23.6 Å². The number of anilines is 3. The molecule has 0 aliphatic carbocycles. The summed E-state index contributed by atoms with van der Waals surface area (Å²) in [6.45, 7) is 0. The molecule has 1 atom stereocenters. The second kappa shape index (κ2) is 8.68. The number of aromatic nitrogens is 1. The van der Waals surface area contributed by atoms with E-state index >= 15 is 0 Å². The first-order valence-electron chi connectivity index (χ1n) is 10.4. The molecule has 6 nitrogen and oxygen atoms in total. The lowest BCUT2D eigenvalue weighted by Crippen LogP contribution is -2.20. The van der Waals surface area contributed by atoms with E-state index in [2.05, 4.69) is 77.4 Å². The van der Waals surface area contributed by atoms with Crippen LogP contribution in [-0.2, 0) is 0 Å². The van der Waals surface area contributed by atoms with Crippen molar-refractivity contribution in [2.75, 3.05) is 50.1 Å². The van der Waals surface area contributed by atoms with Crippen molar-refractivity contribution in [2.45, 2.75) is 12.5 Å². The maximum absolute atomic E-state index is 5.35. The number of benzene rings is 2. The van der Waals surface area contributed by atoms with Crippen molar-refractivity contribution < 1.29 is 4.74 Å². The summed E-state index contributed by atoms with van der Waals surface area (Å²) in [6, 6.07) is 23.1. The molecular weight excluding hydrogens is 386 g/mol. The number of pyridine rings is 1. The first kappa shape index (κ1) is 20.7. The van der Waals surface area contributed by atoms with Gasteiger partial charge in [0.25, 0.3) is 0 Å². The molecule has 0 spiro atoms. The van der Waals surface area contributed by atoms with Crippen LogP contribution in [0.5, 0.6) is 5.88 Å². The lowest BCUT2D eigenvalue weighted by Gasteiger charge is -2.24. The zero-order valence-electron chi connectivity index (χ0n) is 18.8. The van der Waals surface area contributed by atoms with Crippen LogP contribution in [0.2, 0.25) is 0 Å². The third-order valence-corrected chi connectivity index (χ3v) is 5.57. The first-order valence-corrected chi connectivity index (χ1v) is 10.4. The highest BCUT2D eigenvalue weighted by atomic mass is 16.5. The van der Waals surface area contributed by atoms with Gasteiger partial charge in [-0.2, -0.15) is 10.1 Å². The Hall–Kier alpha value is -3.54. The van der Waals surface area contributed by atoms with Gasteiger partial charge in [-0.25, -0.2) is 5.01 Å². The van der Waals surface area contributed by atoms with Gasteiger partial charge in [-0.3, -0.25) is 0 Å². The molecule has 1 unspecified atom stereocenters. The topological polar surface area (TPSA) is 44.2 Å². The Labute approximate surface area is 184 Å². The molecule has 0 N–H and O–H groups in total. The molecule has 0 amide bonds. The third-order valence-electron chi connectivity index (χ3n) is 5.57. The Kier molecular flexibility index (Phi) is 5.80. The van der Waals surface area contributed by atoms with Crippen molar-refractivity contribution in [1.29, 1.82) is 0 Å². The number of methoxy groups -OCH3 is 1. The van der Waals surface area contributed by atoms with E-state index in [0.717, 1.165) is 23.5 Å². The van der Waals surface area contributed by atoms with Crippen LogP contribution in [0.15, 0.2) is 71.8 Å². The summed E-state index contributed by atoms with van der Waals surface area (Å²) < 4.78 is 5.35. The molecule has 1 aliphatic heterocycles. The van der Waals surface area contributed by atoms with Crippen LogP contribution in [0.3, 0.4) is 0 Å². The predicted molar refractivity (Wildman–Crippen MR) is 129 cm³/mol. The molecule has 0 bridgehead atoms.